The van der Waals surface area contributed by atoms with Gasteiger partial charge in [0.25, 0.3) is 0 Å². The van der Waals surface area contributed by atoms with Crippen LogP contribution >= 0.6 is 0 Å². The minimum Gasteiger partial charge on any atom is -0.497 e. The summed E-state index contributed by atoms with van der Waals surface area (Å²) >= 11 is 0. The zero-order valence-electron chi connectivity index (χ0n) is 13.3. The summed E-state index contributed by atoms with van der Waals surface area (Å²) in [6.07, 6.45) is 3.86. The molecule has 1 aromatic carbocycles. The van der Waals surface area contributed by atoms with E-state index in [-0.39, 0.29) is 12.1 Å². The average Bonchev–Trinajstić information content (AvgIpc) is 3.21. The Morgan fingerprint density at radius 1 is 1.25 bits per heavy atom. The molecule has 4 rings (SSSR count). The molecule has 0 spiro atoms. The van der Waals surface area contributed by atoms with Crippen molar-refractivity contribution in [1.29, 1.82) is 0 Å². The first-order valence-corrected chi connectivity index (χ1v) is 7.90. The maximum Gasteiger partial charge on any atom is 0.225 e. The van der Waals surface area contributed by atoms with E-state index in [4.69, 9.17) is 4.74 Å². The van der Waals surface area contributed by atoms with E-state index in [1.165, 1.54) is 0 Å². The van der Waals surface area contributed by atoms with E-state index in [2.05, 4.69) is 25.6 Å². The number of rotatable bonds is 4. The number of anilines is 1. The number of nitrogens with one attached hydrogen (secondary N) is 1. The van der Waals surface area contributed by atoms with E-state index in [1.807, 2.05) is 24.3 Å². The average molecular weight is 326 g/mol. The van der Waals surface area contributed by atoms with Crippen molar-refractivity contribution in [3.63, 3.8) is 0 Å². The number of hydrogen-bond donors (Lipinski definition) is 2. The standard InChI is InChI=1S/C16H18N6O2/c1-24-13-6-3-11(4-7-13)22-15-14(20-21-22)9-17-16(19-15)18-10-2-5-12(23)8-10/h3-4,6-7,9-10,12,23H,2,5,8H2,1H3,(H,17,18,19)/t10-,12-/m0/s1. The van der Waals surface area contributed by atoms with Crippen molar-refractivity contribution in [1.82, 2.24) is 25.0 Å². The first-order valence-electron chi connectivity index (χ1n) is 7.90. The van der Waals surface area contributed by atoms with Gasteiger partial charge in [-0.1, -0.05) is 5.21 Å². The van der Waals surface area contributed by atoms with Gasteiger partial charge >= 0.3 is 0 Å². The molecule has 0 bridgehead atoms. The highest BCUT2D eigenvalue weighted by Gasteiger charge is 2.23. The van der Waals surface area contributed by atoms with Gasteiger partial charge in [0.2, 0.25) is 5.95 Å². The Morgan fingerprint density at radius 3 is 2.79 bits per heavy atom. The van der Waals surface area contributed by atoms with Crippen molar-refractivity contribution in [2.24, 2.45) is 0 Å². The van der Waals surface area contributed by atoms with E-state index in [1.54, 1.807) is 18.0 Å². The summed E-state index contributed by atoms with van der Waals surface area (Å²) in [5.41, 5.74) is 2.11. The summed E-state index contributed by atoms with van der Waals surface area (Å²) in [5.74, 6) is 1.30. The van der Waals surface area contributed by atoms with Crippen LogP contribution in [0.4, 0.5) is 5.95 Å². The number of aromatic nitrogens is 5. The molecule has 0 unspecified atom stereocenters. The molecule has 0 amide bonds. The quantitative estimate of drug-likeness (QED) is 0.750. The number of methoxy groups -OCH3 is 1. The summed E-state index contributed by atoms with van der Waals surface area (Å²) in [6.45, 7) is 0. The van der Waals surface area contributed by atoms with Crippen molar-refractivity contribution < 1.29 is 9.84 Å². The molecule has 0 radical (unpaired) electrons. The third-order valence-corrected chi connectivity index (χ3v) is 4.25. The molecule has 8 heteroatoms. The molecule has 2 aromatic heterocycles. The Balaban J connectivity index is 1.65. The molecule has 1 fully saturated rings. The van der Waals surface area contributed by atoms with E-state index in [0.29, 0.717) is 17.1 Å². The van der Waals surface area contributed by atoms with Gasteiger partial charge in [-0.2, -0.15) is 9.67 Å². The predicted octanol–water partition coefficient (Wildman–Crippen LogP) is 1.54. The summed E-state index contributed by atoms with van der Waals surface area (Å²) in [5, 5.41) is 21.2. The number of ether oxygens (including phenoxy) is 1. The summed E-state index contributed by atoms with van der Waals surface area (Å²) in [7, 11) is 1.63. The molecule has 1 aliphatic carbocycles. The lowest BCUT2D eigenvalue weighted by Gasteiger charge is -2.11. The summed E-state index contributed by atoms with van der Waals surface area (Å²) < 4.78 is 6.85. The molecular formula is C16H18N6O2. The normalized spacial score (nSPS) is 20.4. The van der Waals surface area contributed by atoms with E-state index in [0.717, 1.165) is 30.7 Å². The lowest BCUT2D eigenvalue weighted by molar-refractivity contribution is 0.182. The molecule has 8 nitrogen and oxygen atoms in total. The van der Waals surface area contributed by atoms with Gasteiger partial charge in [-0.3, -0.25) is 0 Å². The van der Waals surface area contributed by atoms with Crippen molar-refractivity contribution in [3.05, 3.63) is 30.5 Å². The van der Waals surface area contributed by atoms with Crippen LogP contribution in [0.1, 0.15) is 19.3 Å². The minimum absolute atomic E-state index is 0.197. The molecule has 0 aliphatic heterocycles. The first kappa shape index (κ1) is 14.8. The second-order valence-electron chi connectivity index (χ2n) is 5.91. The van der Waals surface area contributed by atoms with Crippen LogP contribution in [0.3, 0.4) is 0 Å². The Labute approximate surface area is 138 Å². The topological polar surface area (TPSA) is 98.0 Å². The van der Waals surface area contributed by atoms with Gasteiger partial charge in [0.05, 0.1) is 25.1 Å². The van der Waals surface area contributed by atoms with Gasteiger partial charge in [-0.05, 0) is 43.5 Å². The van der Waals surface area contributed by atoms with E-state index >= 15 is 0 Å². The van der Waals surface area contributed by atoms with Gasteiger partial charge < -0.3 is 15.2 Å². The predicted molar refractivity (Wildman–Crippen MR) is 88.3 cm³/mol. The van der Waals surface area contributed by atoms with Crippen LogP contribution in [-0.2, 0) is 0 Å². The molecule has 1 saturated carbocycles. The van der Waals surface area contributed by atoms with Crippen molar-refractivity contribution in [2.45, 2.75) is 31.4 Å². The molecule has 124 valence electrons. The summed E-state index contributed by atoms with van der Waals surface area (Å²) in [6, 6.07) is 7.72. The van der Waals surface area contributed by atoms with Gasteiger partial charge in [-0.25, -0.2) is 4.98 Å². The monoisotopic (exact) mass is 326 g/mol. The summed E-state index contributed by atoms with van der Waals surface area (Å²) in [4.78, 5) is 8.84. The third-order valence-electron chi connectivity index (χ3n) is 4.25. The fourth-order valence-corrected chi connectivity index (χ4v) is 2.97. The number of hydrogen-bond acceptors (Lipinski definition) is 7. The maximum absolute atomic E-state index is 9.64. The fraction of sp³-hybridized carbons (Fsp3) is 0.375. The Morgan fingerprint density at radius 2 is 2.08 bits per heavy atom. The van der Waals surface area contributed by atoms with Gasteiger partial charge in [0, 0.05) is 6.04 Å². The minimum atomic E-state index is -0.238. The lowest BCUT2D eigenvalue weighted by atomic mass is 10.2. The van der Waals surface area contributed by atoms with Crippen molar-refractivity contribution in [3.8, 4) is 11.4 Å². The van der Waals surface area contributed by atoms with Crippen LogP contribution in [0.2, 0.25) is 0 Å². The molecule has 2 atom stereocenters. The van der Waals surface area contributed by atoms with Crippen LogP contribution in [0.15, 0.2) is 30.5 Å². The van der Waals surface area contributed by atoms with Crippen LogP contribution in [0.25, 0.3) is 16.9 Å². The van der Waals surface area contributed by atoms with Crippen LogP contribution in [0.5, 0.6) is 5.75 Å². The molecule has 0 saturated heterocycles. The Bertz CT molecular complexity index is 847. The van der Waals surface area contributed by atoms with Crippen molar-refractivity contribution in [2.75, 3.05) is 12.4 Å². The third kappa shape index (κ3) is 2.76. The zero-order valence-corrected chi connectivity index (χ0v) is 13.3. The number of aliphatic hydroxyl groups is 1. The van der Waals surface area contributed by atoms with Crippen LogP contribution in [-0.4, -0.2) is 49.3 Å². The number of benzene rings is 1. The highest BCUT2D eigenvalue weighted by molar-refractivity contribution is 5.72. The first-order chi connectivity index (χ1) is 11.7. The van der Waals surface area contributed by atoms with Crippen LogP contribution in [0, 0.1) is 0 Å². The largest absolute Gasteiger partial charge is 0.497 e. The molecular weight excluding hydrogens is 308 g/mol. The zero-order chi connectivity index (χ0) is 16.5. The number of fused-ring (bicyclic) bond motifs is 1. The van der Waals surface area contributed by atoms with E-state index in [9.17, 15) is 5.11 Å². The Kier molecular flexibility index (Phi) is 3.73. The smallest absolute Gasteiger partial charge is 0.225 e. The fourth-order valence-electron chi connectivity index (χ4n) is 2.97. The van der Waals surface area contributed by atoms with Crippen LogP contribution < -0.4 is 10.1 Å². The van der Waals surface area contributed by atoms with E-state index < -0.39 is 0 Å². The number of nitrogens with zero attached hydrogens (tertiary/aromatic N) is 5. The van der Waals surface area contributed by atoms with Crippen molar-refractivity contribution >= 4 is 17.1 Å². The number of aliphatic hydroxyl groups excluding tert-OH is 1. The SMILES string of the molecule is COc1ccc(-n2nnc3cnc(N[C@H]4CC[C@H](O)C4)nc32)cc1. The van der Waals surface area contributed by atoms with Gasteiger partial charge in [0.1, 0.15) is 5.75 Å². The second kappa shape index (κ2) is 6.04. The maximum atomic E-state index is 9.64. The Hall–Kier alpha value is -2.74. The highest BCUT2D eigenvalue weighted by atomic mass is 16.5. The molecule has 3 aromatic rings. The highest BCUT2D eigenvalue weighted by Crippen LogP contribution is 2.23. The molecule has 2 heterocycles. The second-order valence-corrected chi connectivity index (χ2v) is 5.91. The lowest BCUT2D eigenvalue weighted by Crippen LogP contribution is -2.18. The molecule has 1 aliphatic rings. The van der Waals surface area contributed by atoms with Gasteiger partial charge in [-0.15, -0.1) is 5.10 Å². The molecule has 24 heavy (non-hydrogen) atoms. The molecule has 2 N–H and O–H groups in total. The van der Waals surface area contributed by atoms with Gasteiger partial charge in [0.15, 0.2) is 11.2 Å².